The normalized spacial score (nSPS) is 21.6. The van der Waals surface area contributed by atoms with E-state index >= 15 is 0 Å². The minimum absolute atomic E-state index is 0.569. The van der Waals surface area contributed by atoms with Gasteiger partial charge in [-0.3, -0.25) is 0 Å². The van der Waals surface area contributed by atoms with Crippen LogP contribution in [-0.2, 0) is 4.74 Å². The van der Waals surface area contributed by atoms with Crippen LogP contribution in [-0.4, -0.2) is 26.3 Å². The maximum Gasteiger partial charge on any atom is 0.0468 e. The van der Waals surface area contributed by atoms with Crippen LogP contribution in [0.5, 0.6) is 0 Å². The number of nitrogens with one attached hydrogen (secondary N) is 1. The van der Waals surface area contributed by atoms with E-state index in [0.717, 1.165) is 6.61 Å². The summed E-state index contributed by atoms with van der Waals surface area (Å²) in [5, 5.41) is 3.63. The highest BCUT2D eigenvalue weighted by Crippen LogP contribution is 2.43. The van der Waals surface area contributed by atoms with Crippen LogP contribution in [0.3, 0.4) is 0 Å². The summed E-state index contributed by atoms with van der Waals surface area (Å²) in [6.45, 7) is 6.61. The largest absolute Gasteiger partial charge is 0.385 e. The summed E-state index contributed by atoms with van der Waals surface area (Å²) in [5.41, 5.74) is 0.569. The molecule has 0 aromatic carbocycles. The molecule has 1 aliphatic rings. The summed E-state index contributed by atoms with van der Waals surface area (Å²) in [4.78, 5) is 0. The fourth-order valence-corrected chi connectivity index (χ4v) is 2.05. The van der Waals surface area contributed by atoms with Gasteiger partial charge in [0.05, 0.1) is 0 Å². The molecule has 0 heterocycles. The molecule has 0 aliphatic heterocycles. The Hall–Kier alpha value is -0.0800. The zero-order chi connectivity index (χ0) is 10.4. The van der Waals surface area contributed by atoms with Gasteiger partial charge in [-0.1, -0.05) is 13.3 Å². The highest BCUT2D eigenvalue weighted by atomic mass is 16.5. The van der Waals surface area contributed by atoms with Crippen LogP contribution in [0.15, 0.2) is 0 Å². The van der Waals surface area contributed by atoms with Gasteiger partial charge in [0.25, 0.3) is 0 Å². The number of ether oxygens (including phenoxy) is 1. The standard InChI is InChI=1S/C12H25NO/c1-4-11(2)13-10-12(6-5-7-12)8-9-14-3/h11,13H,4-10H2,1-3H3. The minimum atomic E-state index is 0.569. The van der Waals surface area contributed by atoms with Crippen LogP contribution >= 0.6 is 0 Å². The van der Waals surface area contributed by atoms with E-state index in [1.807, 2.05) is 0 Å². The Balaban J connectivity index is 2.23. The lowest BCUT2D eigenvalue weighted by molar-refractivity contribution is 0.0668. The number of hydrogen-bond acceptors (Lipinski definition) is 2. The first-order valence-corrected chi connectivity index (χ1v) is 5.95. The van der Waals surface area contributed by atoms with Crippen LogP contribution in [0.2, 0.25) is 0 Å². The van der Waals surface area contributed by atoms with Crippen molar-refractivity contribution in [2.24, 2.45) is 5.41 Å². The first-order valence-electron chi connectivity index (χ1n) is 5.95. The molecule has 1 fully saturated rings. The molecular weight excluding hydrogens is 174 g/mol. The molecule has 0 spiro atoms. The van der Waals surface area contributed by atoms with E-state index < -0.39 is 0 Å². The second-order valence-corrected chi connectivity index (χ2v) is 4.79. The molecule has 0 bridgehead atoms. The topological polar surface area (TPSA) is 21.3 Å². The van der Waals surface area contributed by atoms with Gasteiger partial charge in [0, 0.05) is 26.3 Å². The Kier molecular flexibility index (Phi) is 4.90. The molecular formula is C12H25NO. The Morgan fingerprint density at radius 3 is 2.57 bits per heavy atom. The molecule has 1 atom stereocenters. The lowest BCUT2D eigenvalue weighted by Gasteiger charge is -2.43. The van der Waals surface area contributed by atoms with Gasteiger partial charge in [0.15, 0.2) is 0 Å². The minimum Gasteiger partial charge on any atom is -0.385 e. The van der Waals surface area contributed by atoms with Crippen LogP contribution in [0.1, 0.15) is 46.0 Å². The zero-order valence-corrected chi connectivity index (χ0v) is 9.94. The van der Waals surface area contributed by atoms with Gasteiger partial charge in [-0.25, -0.2) is 0 Å². The lowest BCUT2D eigenvalue weighted by Crippen LogP contribution is -2.43. The van der Waals surface area contributed by atoms with Crippen molar-refractivity contribution in [3.05, 3.63) is 0 Å². The van der Waals surface area contributed by atoms with Crippen molar-refractivity contribution in [2.75, 3.05) is 20.3 Å². The monoisotopic (exact) mass is 199 g/mol. The summed E-state index contributed by atoms with van der Waals surface area (Å²) < 4.78 is 5.18. The second-order valence-electron chi connectivity index (χ2n) is 4.79. The highest BCUT2D eigenvalue weighted by Gasteiger charge is 2.36. The molecule has 0 aromatic rings. The van der Waals surface area contributed by atoms with Crippen molar-refractivity contribution in [1.29, 1.82) is 0 Å². The van der Waals surface area contributed by atoms with Crippen LogP contribution in [0, 0.1) is 5.41 Å². The van der Waals surface area contributed by atoms with E-state index in [1.165, 1.54) is 38.6 Å². The Labute approximate surface area is 88.4 Å². The zero-order valence-electron chi connectivity index (χ0n) is 9.94. The van der Waals surface area contributed by atoms with Gasteiger partial charge in [0.2, 0.25) is 0 Å². The maximum atomic E-state index is 5.18. The average Bonchev–Trinajstić information content (AvgIpc) is 2.15. The third-order valence-electron chi connectivity index (χ3n) is 3.69. The molecule has 2 nitrogen and oxygen atoms in total. The number of hydrogen-bond donors (Lipinski definition) is 1. The number of rotatable bonds is 7. The first kappa shape index (κ1) is 12.0. The predicted molar refractivity (Wildman–Crippen MR) is 60.5 cm³/mol. The predicted octanol–water partition coefficient (Wildman–Crippen LogP) is 2.58. The summed E-state index contributed by atoms with van der Waals surface area (Å²) in [5.74, 6) is 0. The quantitative estimate of drug-likeness (QED) is 0.680. The third-order valence-corrected chi connectivity index (χ3v) is 3.69. The van der Waals surface area contributed by atoms with Crippen molar-refractivity contribution in [3.63, 3.8) is 0 Å². The van der Waals surface area contributed by atoms with E-state index in [9.17, 15) is 0 Å². The van der Waals surface area contributed by atoms with Crippen molar-refractivity contribution < 1.29 is 4.74 Å². The SMILES string of the molecule is CCC(C)NCC1(CCOC)CCC1. The second kappa shape index (κ2) is 5.72. The Morgan fingerprint density at radius 2 is 2.14 bits per heavy atom. The van der Waals surface area contributed by atoms with Crippen LogP contribution in [0.25, 0.3) is 0 Å². The summed E-state index contributed by atoms with van der Waals surface area (Å²) >= 11 is 0. The summed E-state index contributed by atoms with van der Waals surface area (Å²) in [6, 6.07) is 0.662. The Bertz CT molecular complexity index is 154. The Morgan fingerprint density at radius 1 is 1.43 bits per heavy atom. The van der Waals surface area contributed by atoms with Gasteiger partial charge in [-0.15, -0.1) is 0 Å². The molecule has 84 valence electrons. The molecule has 2 heteroatoms. The van der Waals surface area contributed by atoms with Crippen molar-refractivity contribution in [3.8, 4) is 0 Å². The molecule has 0 saturated heterocycles. The maximum absolute atomic E-state index is 5.18. The van der Waals surface area contributed by atoms with Gasteiger partial charge in [-0.05, 0) is 38.0 Å². The van der Waals surface area contributed by atoms with Gasteiger partial charge in [0.1, 0.15) is 0 Å². The van der Waals surface area contributed by atoms with Crippen molar-refractivity contribution >= 4 is 0 Å². The molecule has 1 rings (SSSR count). The summed E-state index contributed by atoms with van der Waals surface area (Å²) in [6.07, 6.45) is 6.64. The van der Waals surface area contributed by atoms with E-state index in [0.29, 0.717) is 11.5 Å². The molecule has 1 unspecified atom stereocenters. The smallest absolute Gasteiger partial charge is 0.0468 e. The van der Waals surface area contributed by atoms with Gasteiger partial charge < -0.3 is 10.1 Å². The van der Waals surface area contributed by atoms with Crippen molar-refractivity contribution in [2.45, 2.75) is 52.0 Å². The fraction of sp³-hybridized carbons (Fsp3) is 1.00. The van der Waals surface area contributed by atoms with E-state index in [4.69, 9.17) is 4.74 Å². The lowest BCUT2D eigenvalue weighted by atomic mass is 9.66. The fourth-order valence-electron chi connectivity index (χ4n) is 2.05. The molecule has 14 heavy (non-hydrogen) atoms. The number of methoxy groups -OCH3 is 1. The van der Waals surface area contributed by atoms with Crippen molar-refractivity contribution in [1.82, 2.24) is 5.32 Å². The van der Waals surface area contributed by atoms with Gasteiger partial charge >= 0.3 is 0 Å². The molecule has 1 N–H and O–H groups in total. The van der Waals surface area contributed by atoms with E-state index in [2.05, 4.69) is 19.2 Å². The van der Waals surface area contributed by atoms with Gasteiger partial charge in [-0.2, -0.15) is 0 Å². The average molecular weight is 199 g/mol. The molecule has 1 aliphatic carbocycles. The molecule has 0 radical (unpaired) electrons. The van der Waals surface area contributed by atoms with Crippen LogP contribution in [0.4, 0.5) is 0 Å². The van der Waals surface area contributed by atoms with Crippen LogP contribution < -0.4 is 5.32 Å². The van der Waals surface area contributed by atoms with E-state index in [-0.39, 0.29) is 0 Å². The molecule has 0 aromatic heterocycles. The summed E-state index contributed by atoms with van der Waals surface area (Å²) in [7, 11) is 1.80. The first-order chi connectivity index (χ1) is 6.72. The molecule has 0 amide bonds. The third kappa shape index (κ3) is 3.25. The van der Waals surface area contributed by atoms with E-state index in [1.54, 1.807) is 7.11 Å². The highest BCUT2D eigenvalue weighted by molar-refractivity contribution is 4.89. The molecule has 1 saturated carbocycles.